The highest BCUT2D eigenvalue weighted by Crippen LogP contribution is 2.25. The van der Waals surface area contributed by atoms with Gasteiger partial charge in [-0.05, 0) is 31.2 Å². The van der Waals surface area contributed by atoms with Crippen molar-refractivity contribution in [3.8, 4) is 0 Å². The standard InChI is InChI=1S/C27H31N5O4/c1-16(2)23-22(26(34)36-5)24(29-18(4)28-23)25(33)31-13-14-32(17(3)15-31)27(35)30-21-12-8-10-19-9-6-7-11-20(19)21/h6-12,16-17H,13-15H2,1-5H3,(H,30,35). The summed E-state index contributed by atoms with van der Waals surface area (Å²) in [5.41, 5.74) is 1.37. The van der Waals surface area contributed by atoms with Gasteiger partial charge in [-0.25, -0.2) is 19.6 Å². The lowest BCUT2D eigenvalue weighted by atomic mass is 10.0. The van der Waals surface area contributed by atoms with Crippen molar-refractivity contribution < 1.29 is 19.1 Å². The van der Waals surface area contributed by atoms with Gasteiger partial charge in [0.15, 0.2) is 0 Å². The molecule has 3 amide bonds. The van der Waals surface area contributed by atoms with E-state index in [1.54, 1.807) is 16.7 Å². The summed E-state index contributed by atoms with van der Waals surface area (Å²) in [4.78, 5) is 51.4. The molecule has 2 aromatic carbocycles. The van der Waals surface area contributed by atoms with E-state index in [9.17, 15) is 14.4 Å². The molecule has 4 rings (SSSR count). The molecule has 1 saturated heterocycles. The molecule has 9 nitrogen and oxygen atoms in total. The maximum atomic E-state index is 13.5. The Bertz CT molecular complexity index is 1320. The quantitative estimate of drug-likeness (QED) is 0.550. The molecule has 1 aromatic heterocycles. The van der Waals surface area contributed by atoms with Crippen LogP contribution in [0.25, 0.3) is 10.8 Å². The van der Waals surface area contributed by atoms with Crippen LogP contribution in [-0.4, -0.2) is 70.5 Å². The number of carbonyl (C=O) groups excluding carboxylic acids is 3. The van der Waals surface area contributed by atoms with Crippen LogP contribution in [0, 0.1) is 6.92 Å². The summed E-state index contributed by atoms with van der Waals surface area (Å²) in [7, 11) is 1.27. The number of hydrogen-bond donors (Lipinski definition) is 1. The lowest BCUT2D eigenvalue weighted by Gasteiger charge is -2.39. The molecular weight excluding hydrogens is 458 g/mol. The van der Waals surface area contributed by atoms with Crippen molar-refractivity contribution in [2.75, 3.05) is 32.1 Å². The van der Waals surface area contributed by atoms with E-state index >= 15 is 0 Å². The number of hydrogen-bond acceptors (Lipinski definition) is 6. The number of nitrogens with zero attached hydrogens (tertiary/aromatic N) is 4. The average molecular weight is 490 g/mol. The SMILES string of the molecule is COC(=O)c1c(C(=O)N2CCN(C(=O)Nc3cccc4ccccc34)C(C)C2)nc(C)nc1C(C)C. The van der Waals surface area contributed by atoms with E-state index in [2.05, 4.69) is 15.3 Å². The summed E-state index contributed by atoms with van der Waals surface area (Å²) in [5.74, 6) is -0.691. The molecule has 188 valence electrons. The number of esters is 1. The Balaban J connectivity index is 1.53. The van der Waals surface area contributed by atoms with E-state index in [0.29, 0.717) is 31.2 Å². The summed E-state index contributed by atoms with van der Waals surface area (Å²) < 4.78 is 4.95. The minimum Gasteiger partial charge on any atom is -0.465 e. The molecule has 36 heavy (non-hydrogen) atoms. The van der Waals surface area contributed by atoms with Gasteiger partial charge in [0.2, 0.25) is 0 Å². The normalized spacial score (nSPS) is 15.8. The third-order valence-electron chi connectivity index (χ3n) is 6.39. The Morgan fingerprint density at radius 3 is 2.47 bits per heavy atom. The van der Waals surface area contributed by atoms with Crippen LogP contribution >= 0.6 is 0 Å². The molecule has 0 radical (unpaired) electrons. The fraction of sp³-hybridized carbons (Fsp3) is 0.370. The number of urea groups is 1. The van der Waals surface area contributed by atoms with E-state index in [-0.39, 0.29) is 35.2 Å². The summed E-state index contributed by atoms with van der Waals surface area (Å²) >= 11 is 0. The molecule has 1 unspecified atom stereocenters. The molecule has 0 spiro atoms. The van der Waals surface area contributed by atoms with Crippen LogP contribution in [0.3, 0.4) is 0 Å². The van der Waals surface area contributed by atoms with Gasteiger partial charge >= 0.3 is 12.0 Å². The van der Waals surface area contributed by atoms with Gasteiger partial charge in [-0.3, -0.25) is 4.79 Å². The van der Waals surface area contributed by atoms with E-state index in [4.69, 9.17) is 4.74 Å². The van der Waals surface area contributed by atoms with Crippen molar-refractivity contribution in [3.05, 3.63) is 65.2 Å². The van der Waals surface area contributed by atoms with Gasteiger partial charge in [-0.1, -0.05) is 50.2 Å². The number of piperazine rings is 1. The van der Waals surface area contributed by atoms with E-state index in [1.807, 2.05) is 63.2 Å². The number of aryl methyl sites for hydroxylation is 1. The molecule has 1 aliphatic heterocycles. The van der Waals surface area contributed by atoms with Gasteiger partial charge in [-0.2, -0.15) is 0 Å². The van der Waals surface area contributed by atoms with Crippen molar-refractivity contribution in [2.45, 2.75) is 39.7 Å². The number of carbonyl (C=O) groups is 3. The second kappa shape index (κ2) is 10.3. The highest BCUT2D eigenvalue weighted by atomic mass is 16.5. The number of fused-ring (bicyclic) bond motifs is 1. The Hall–Kier alpha value is -4.01. The molecule has 1 N–H and O–H groups in total. The predicted octanol–water partition coefficient (Wildman–Crippen LogP) is 4.23. The molecule has 1 fully saturated rings. The minimum absolute atomic E-state index is 0.0407. The Morgan fingerprint density at radius 1 is 1.06 bits per heavy atom. The van der Waals surface area contributed by atoms with E-state index < -0.39 is 5.97 Å². The Labute approximate surface area is 210 Å². The first-order valence-electron chi connectivity index (χ1n) is 12.0. The van der Waals surface area contributed by atoms with E-state index in [0.717, 1.165) is 16.5 Å². The summed E-state index contributed by atoms with van der Waals surface area (Å²) in [6.45, 7) is 8.36. The highest BCUT2D eigenvalue weighted by Gasteiger charge is 2.34. The number of aromatic nitrogens is 2. The third-order valence-corrected chi connectivity index (χ3v) is 6.39. The predicted molar refractivity (Wildman–Crippen MR) is 137 cm³/mol. The van der Waals surface area contributed by atoms with Gasteiger partial charge in [0, 0.05) is 31.1 Å². The molecule has 2 heterocycles. The summed E-state index contributed by atoms with van der Waals surface area (Å²) in [6, 6.07) is 13.2. The number of rotatable bonds is 4. The number of benzene rings is 2. The first-order chi connectivity index (χ1) is 17.2. The van der Waals surface area contributed by atoms with Gasteiger partial charge in [0.1, 0.15) is 17.1 Å². The van der Waals surface area contributed by atoms with E-state index in [1.165, 1.54) is 7.11 Å². The van der Waals surface area contributed by atoms with Crippen LogP contribution in [0.4, 0.5) is 10.5 Å². The second-order valence-corrected chi connectivity index (χ2v) is 9.28. The van der Waals surface area contributed by atoms with Crippen LogP contribution in [0.2, 0.25) is 0 Å². The lowest BCUT2D eigenvalue weighted by molar-refractivity contribution is 0.0550. The molecule has 1 aliphatic rings. The van der Waals surface area contributed by atoms with Crippen molar-refractivity contribution in [1.29, 1.82) is 0 Å². The van der Waals surface area contributed by atoms with Gasteiger partial charge < -0.3 is 19.9 Å². The number of amides is 3. The zero-order valence-electron chi connectivity index (χ0n) is 21.2. The molecule has 1 atom stereocenters. The average Bonchev–Trinajstić information content (AvgIpc) is 2.87. The minimum atomic E-state index is -0.636. The maximum Gasteiger partial charge on any atom is 0.342 e. The molecule has 0 bridgehead atoms. The van der Waals surface area contributed by atoms with Crippen molar-refractivity contribution in [2.24, 2.45) is 0 Å². The number of ether oxygens (including phenoxy) is 1. The zero-order chi connectivity index (χ0) is 26.0. The maximum absolute atomic E-state index is 13.5. The Kier molecular flexibility index (Phi) is 7.19. The summed E-state index contributed by atoms with van der Waals surface area (Å²) in [6.07, 6.45) is 0. The topological polar surface area (TPSA) is 105 Å². The third kappa shape index (κ3) is 4.86. The lowest BCUT2D eigenvalue weighted by Crippen LogP contribution is -2.56. The number of methoxy groups -OCH3 is 1. The van der Waals surface area contributed by atoms with Crippen molar-refractivity contribution in [1.82, 2.24) is 19.8 Å². The highest BCUT2D eigenvalue weighted by molar-refractivity contribution is 6.05. The Morgan fingerprint density at radius 2 is 1.78 bits per heavy atom. The number of nitrogens with one attached hydrogen (secondary N) is 1. The molecular formula is C27H31N5O4. The summed E-state index contributed by atoms with van der Waals surface area (Å²) in [5, 5.41) is 5.03. The second-order valence-electron chi connectivity index (χ2n) is 9.28. The van der Waals surface area contributed by atoms with Crippen molar-refractivity contribution in [3.63, 3.8) is 0 Å². The van der Waals surface area contributed by atoms with Gasteiger partial charge in [-0.15, -0.1) is 0 Å². The van der Waals surface area contributed by atoms with Crippen LogP contribution in [0.5, 0.6) is 0 Å². The first kappa shape index (κ1) is 25.1. The number of anilines is 1. The molecule has 3 aromatic rings. The molecule has 9 heteroatoms. The fourth-order valence-corrected chi connectivity index (χ4v) is 4.59. The van der Waals surface area contributed by atoms with Crippen LogP contribution < -0.4 is 5.32 Å². The van der Waals surface area contributed by atoms with Crippen LogP contribution in [0.1, 0.15) is 59.1 Å². The largest absolute Gasteiger partial charge is 0.465 e. The van der Waals surface area contributed by atoms with Crippen LogP contribution in [-0.2, 0) is 4.74 Å². The molecule has 0 saturated carbocycles. The smallest absolute Gasteiger partial charge is 0.342 e. The zero-order valence-corrected chi connectivity index (χ0v) is 21.2. The van der Waals surface area contributed by atoms with Gasteiger partial charge in [0.25, 0.3) is 5.91 Å². The van der Waals surface area contributed by atoms with Crippen LogP contribution in [0.15, 0.2) is 42.5 Å². The fourth-order valence-electron chi connectivity index (χ4n) is 4.59. The van der Waals surface area contributed by atoms with Gasteiger partial charge in [0.05, 0.1) is 18.5 Å². The monoisotopic (exact) mass is 489 g/mol. The van der Waals surface area contributed by atoms with Crippen molar-refractivity contribution >= 4 is 34.4 Å². The first-order valence-corrected chi connectivity index (χ1v) is 12.0. The molecule has 0 aliphatic carbocycles.